The molecule has 2 N–H and O–H groups in total. The van der Waals surface area contributed by atoms with Crippen LogP contribution in [0.5, 0.6) is 0 Å². The predicted molar refractivity (Wildman–Crippen MR) is 77.4 cm³/mol. The average Bonchev–Trinajstić information content (AvgIpc) is 2.35. The normalized spacial score (nSPS) is 13.3. The summed E-state index contributed by atoms with van der Waals surface area (Å²) in [6.45, 7) is 2.85. The van der Waals surface area contributed by atoms with Crippen molar-refractivity contribution in [3.05, 3.63) is 28.8 Å². The van der Waals surface area contributed by atoms with Crippen LogP contribution in [0.4, 0.5) is 18.9 Å². The van der Waals surface area contributed by atoms with Gasteiger partial charge < -0.3 is 10.6 Å². The highest BCUT2D eigenvalue weighted by molar-refractivity contribution is 6.33. The van der Waals surface area contributed by atoms with Gasteiger partial charge in [-0.1, -0.05) is 30.7 Å². The number of para-hydroxylation sites is 1. The topological polar surface area (TPSA) is 29.3 Å². The van der Waals surface area contributed by atoms with Crippen molar-refractivity contribution >= 4 is 17.3 Å². The number of hydrogen-bond donors (Lipinski definition) is 1. The lowest BCUT2D eigenvalue weighted by Gasteiger charge is -2.28. The summed E-state index contributed by atoms with van der Waals surface area (Å²) < 4.78 is 38.0. The Balaban J connectivity index is 3.12. The third-order valence-corrected chi connectivity index (χ3v) is 3.45. The Labute approximate surface area is 122 Å². The average molecular weight is 309 g/mol. The van der Waals surface area contributed by atoms with Crippen LogP contribution in [0.3, 0.4) is 0 Å². The minimum atomic E-state index is -4.26. The molecule has 1 rings (SSSR count). The maximum atomic E-state index is 12.7. The van der Waals surface area contributed by atoms with Crippen molar-refractivity contribution in [2.75, 3.05) is 18.0 Å². The Morgan fingerprint density at radius 2 is 1.95 bits per heavy atom. The number of alkyl halides is 3. The number of benzene rings is 1. The third-order valence-electron chi connectivity index (χ3n) is 3.14. The van der Waals surface area contributed by atoms with E-state index >= 15 is 0 Å². The van der Waals surface area contributed by atoms with Crippen molar-refractivity contribution < 1.29 is 13.2 Å². The summed E-state index contributed by atoms with van der Waals surface area (Å²) in [7, 11) is 0. The molecule has 0 saturated heterocycles. The quantitative estimate of drug-likeness (QED) is 0.860. The molecular formula is C14H20ClF3N2. The maximum Gasteiger partial charge on any atom is 0.405 e. The van der Waals surface area contributed by atoms with Gasteiger partial charge in [0.2, 0.25) is 0 Å². The molecule has 1 aromatic carbocycles. The molecular weight excluding hydrogens is 289 g/mol. The van der Waals surface area contributed by atoms with E-state index < -0.39 is 12.7 Å². The van der Waals surface area contributed by atoms with Gasteiger partial charge in [-0.3, -0.25) is 0 Å². The Morgan fingerprint density at radius 3 is 2.45 bits per heavy atom. The first-order valence-corrected chi connectivity index (χ1v) is 7.01. The zero-order valence-corrected chi connectivity index (χ0v) is 12.4. The van der Waals surface area contributed by atoms with Crippen LogP contribution < -0.4 is 10.6 Å². The van der Waals surface area contributed by atoms with Gasteiger partial charge in [0, 0.05) is 12.6 Å². The second kappa shape index (κ2) is 7.18. The van der Waals surface area contributed by atoms with Crippen molar-refractivity contribution in [1.29, 1.82) is 0 Å². The first-order valence-electron chi connectivity index (χ1n) is 6.63. The van der Waals surface area contributed by atoms with E-state index in [1.165, 1.54) is 4.90 Å². The molecule has 0 spiro atoms. The summed E-state index contributed by atoms with van der Waals surface area (Å²) in [5.41, 5.74) is 7.11. The van der Waals surface area contributed by atoms with E-state index in [0.29, 0.717) is 17.1 Å². The van der Waals surface area contributed by atoms with Gasteiger partial charge in [0.05, 0.1) is 10.7 Å². The van der Waals surface area contributed by atoms with Crippen LogP contribution in [0, 0.1) is 0 Å². The molecule has 20 heavy (non-hydrogen) atoms. The summed E-state index contributed by atoms with van der Waals surface area (Å²) in [5, 5.41) is 0.330. The summed E-state index contributed by atoms with van der Waals surface area (Å²) in [4.78, 5) is 1.25. The summed E-state index contributed by atoms with van der Waals surface area (Å²) in [6, 6.07) is 5.05. The second-order valence-corrected chi connectivity index (χ2v) is 5.16. The van der Waals surface area contributed by atoms with Crippen LogP contribution in [0.1, 0.15) is 25.8 Å². The number of anilines is 1. The Hall–Kier alpha value is -0.940. The van der Waals surface area contributed by atoms with Crippen molar-refractivity contribution in [2.24, 2.45) is 5.73 Å². The monoisotopic (exact) mass is 308 g/mol. The van der Waals surface area contributed by atoms with Crippen molar-refractivity contribution in [3.63, 3.8) is 0 Å². The lowest BCUT2D eigenvalue weighted by atomic mass is 10.0. The summed E-state index contributed by atoms with van der Waals surface area (Å²) in [5.74, 6) is 0. The molecule has 1 aromatic rings. The molecule has 0 aliphatic rings. The lowest BCUT2D eigenvalue weighted by Crippen LogP contribution is -2.35. The molecule has 0 aromatic heterocycles. The first-order chi connectivity index (χ1) is 9.28. The van der Waals surface area contributed by atoms with Gasteiger partial charge in [0.25, 0.3) is 0 Å². The molecule has 1 unspecified atom stereocenters. The Kier molecular flexibility index (Phi) is 6.14. The largest absolute Gasteiger partial charge is 0.405 e. The lowest BCUT2D eigenvalue weighted by molar-refractivity contribution is -0.119. The molecule has 114 valence electrons. The number of nitrogens with two attached hydrogens (primary N) is 1. The minimum absolute atomic E-state index is 0.0863. The molecule has 6 heteroatoms. The van der Waals surface area contributed by atoms with Gasteiger partial charge >= 0.3 is 6.18 Å². The summed E-state index contributed by atoms with van der Waals surface area (Å²) in [6.07, 6.45) is -2.99. The fourth-order valence-electron chi connectivity index (χ4n) is 2.07. The fourth-order valence-corrected chi connectivity index (χ4v) is 2.38. The van der Waals surface area contributed by atoms with Crippen molar-refractivity contribution in [3.8, 4) is 0 Å². The molecule has 0 fully saturated rings. The van der Waals surface area contributed by atoms with Crippen LogP contribution in [-0.4, -0.2) is 25.3 Å². The predicted octanol–water partition coefficient (Wildman–Crippen LogP) is 4.01. The van der Waals surface area contributed by atoms with E-state index in [-0.39, 0.29) is 12.6 Å². The van der Waals surface area contributed by atoms with Gasteiger partial charge in [0.1, 0.15) is 6.54 Å². The maximum absolute atomic E-state index is 12.7. The van der Waals surface area contributed by atoms with E-state index in [2.05, 4.69) is 0 Å². The molecule has 0 heterocycles. The zero-order chi connectivity index (χ0) is 15.3. The number of halogens is 4. The fraction of sp³-hybridized carbons (Fsp3) is 0.571. The molecule has 0 bridgehead atoms. The van der Waals surface area contributed by atoms with E-state index in [4.69, 9.17) is 17.3 Å². The van der Waals surface area contributed by atoms with Gasteiger partial charge in [-0.05, 0) is 31.4 Å². The van der Waals surface area contributed by atoms with E-state index in [9.17, 15) is 13.2 Å². The van der Waals surface area contributed by atoms with Crippen LogP contribution in [-0.2, 0) is 6.42 Å². The van der Waals surface area contributed by atoms with Crippen LogP contribution in [0.25, 0.3) is 0 Å². The van der Waals surface area contributed by atoms with Crippen LogP contribution in [0.15, 0.2) is 18.2 Å². The Morgan fingerprint density at radius 1 is 1.30 bits per heavy atom. The minimum Gasteiger partial charge on any atom is -0.361 e. The van der Waals surface area contributed by atoms with Crippen LogP contribution in [0.2, 0.25) is 5.02 Å². The molecule has 0 amide bonds. The molecule has 0 saturated carbocycles. The van der Waals surface area contributed by atoms with Gasteiger partial charge in [-0.2, -0.15) is 13.2 Å². The van der Waals surface area contributed by atoms with Gasteiger partial charge in [-0.25, -0.2) is 0 Å². The smallest absolute Gasteiger partial charge is 0.361 e. The van der Waals surface area contributed by atoms with E-state index in [1.54, 1.807) is 25.1 Å². The molecule has 0 aliphatic heterocycles. The number of hydrogen-bond acceptors (Lipinski definition) is 2. The highest BCUT2D eigenvalue weighted by Crippen LogP contribution is 2.33. The van der Waals surface area contributed by atoms with Crippen molar-refractivity contribution in [1.82, 2.24) is 0 Å². The molecule has 0 aliphatic carbocycles. The number of rotatable bonds is 6. The second-order valence-electron chi connectivity index (χ2n) is 4.75. The highest BCUT2D eigenvalue weighted by Gasteiger charge is 2.31. The zero-order valence-electron chi connectivity index (χ0n) is 11.7. The van der Waals surface area contributed by atoms with Gasteiger partial charge in [-0.15, -0.1) is 0 Å². The first kappa shape index (κ1) is 17.1. The highest BCUT2D eigenvalue weighted by atomic mass is 35.5. The molecule has 2 nitrogen and oxygen atoms in total. The number of nitrogens with zero attached hydrogens (tertiary/aromatic N) is 1. The van der Waals surface area contributed by atoms with Crippen molar-refractivity contribution in [2.45, 2.75) is 38.9 Å². The van der Waals surface area contributed by atoms with E-state index in [1.807, 2.05) is 6.92 Å². The summed E-state index contributed by atoms with van der Waals surface area (Å²) >= 11 is 6.11. The third kappa shape index (κ3) is 4.87. The standard InChI is InChI=1S/C14H20ClF3N2/c1-3-11(19)8-10-6-5-7-12(15)13(10)20(4-2)9-14(16,17)18/h5-7,11H,3-4,8-9,19H2,1-2H3. The van der Waals surface area contributed by atoms with Gasteiger partial charge in [0.15, 0.2) is 0 Å². The van der Waals surface area contributed by atoms with E-state index in [0.717, 1.165) is 12.0 Å². The SMILES string of the molecule is CCC(N)Cc1cccc(Cl)c1N(CC)CC(F)(F)F. The molecule has 1 atom stereocenters. The van der Waals surface area contributed by atoms with Crippen LogP contribution >= 0.6 is 11.6 Å². The molecule has 0 radical (unpaired) electrons. The Bertz CT molecular complexity index is 435.